The van der Waals surface area contributed by atoms with Crippen LogP contribution in [0.3, 0.4) is 0 Å². The highest BCUT2D eigenvalue weighted by atomic mass is 16.5. The van der Waals surface area contributed by atoms with Crippen LogP contribution in [0.4, 0.5) is 0 Å². The van der Waals surface area contributed by atoms with Gasteiger partial charge in [0, 0.05) is 0 Å². The van der Waals surface area contributed by atoms with E-state index in [1.807, 2.05) is 0 Å². The van der Waals surface area contributed by atoms with Crippen molar-refractivity contribution < 1.29 is 29.9 Å². The van der Waals surface area contributed by atoms with Gasteiger partial charge in [0.1, 0.15) is 11.5 Å². The average Bonchev–Trinajstić information content (AvgIpc) is 2.56. The highest BCUT2D eigenvalue weighted by molar-refractivity contribution is 5.31. The van der Waals surface area contributed by atoms with E-state index in [-0.39, 0.29) is 13.2 Å². The van der Waals surface area contributed by atoms with Gasteiger partial charge in [-0.1, -0.05) is 0 Å². The van der Waals surface area contributed by atoms with Gasteiger partial charge >= 0.3 is 0 Å². The van der Waals surface area contributed by atoms with E-state index in [1.165, 1.54) is 0 Å². The number of aliphatic hydroxyl groups is 4. The summed E-state index contributed by atoms with van der Waals surface area (Å²) in [7, 11) is 0. The zero-order chi connectivity index (χ0) is 16.2. The lowest BCUT2D eigenvalue weighted by atomic mass is 10.2. The zero-order valence-electron chi connectivity index (χ0n) is 12.7. The Kier molecular flexibility index (Phi) is 9.57. The lowest BCUT2D eigenvalue weighted by Crippen LogP contribution is -2.13. The molecule has 22 heavy (non-hydrogen) atoms. The first-order chi connectivity index (χ1) is 10.7. The molecule has 2 atom stereocenters. The fourth-order valence-electron chi connectivity index (χ4n) is 1.83. The third-order valence-corrected chi connectivity index (χ3v) is 3.15. The fourth-order valence-corrected chi connectivity index (χ4v) is 1.83. The normalized spacial score (nSPS) is 13.6. The van der Waals surface area contributed by atoms with Gasteiger partial charge in [0.2, 0.25) is 0 Å². The minimum Gasteiger partial charge on any atom is -0.494 e. The second-order valence-corrected chi connectivity index (χ2v) is 5.13. The maximum Gasteiger partial charge on any atom is 0.119 e. The Bertz CT molecular complexity index is 344. The standard InChI is InChI=1S/C16H26O6/c17-11-13(19)3-1-9-21-15-5-7-16(8-6-15)22-10-2-4-14(20)12-18/h5-8,13-14,17-20H,1-4,9-12H2/t13-,14-/m0/s1. The van der Waals surface area contributed by atoms with Crippen molar-refractivity contribution in [2.75, 3.05) is 26.4 Å². The zero-order valence-corrected chi connectivity index (χ0v) is 12.7. The molecule has 0 fully saturated rings. The molecule has 0 aliphatic rings. The summed E-state index contributed by atoms with van der Waals surface area (Å²) in [6, 6.07) is 7.22. The van der Waals surface area contributed by atoms with E-state index in [2.05, 4.69) is 0 Å². The summed E-state index contributed by atoms with van der Waals surface area (Å²) in [5.74, 6) is 1.45. The van der Waals surface area contributed by atoms with Crippen molar-refractivity contribution in [1.82, 2.24) is 0 Å². The molecule has 0 radical (unpaired) electrons. The summed E-state index contributed by atoms with van der Waals surface area (Å²) in [6.07, 6.45) is 1.02. The lowest BCUT2D eigenvalue weighted by Gasteiger charge is -2.10. The molecule has 0 aliphatic heterocycles. The van der Waals surface area contributed by atoms with Gasteiger partial charge in [0.15, 0.2) is 0 Å². The van der Waals surface area contributed by atoms with Gasteiger partial charge < -0.3 is 29.9 Å². The highest BCUT2D eigenvalue weighted by Gasteiger charge is 2.03. The summed E-state index contributed by atoms with van der Waals surface area (Å²) < 4.78 is 11.0. The number of rotatable bonds is 12. The van der Waals surface area contributed by atoms with E-state index in [0.29, 0.717) is 38.9 Å². The van der Waals surface area contributed by atoms with Crippen LogP contribution in [0.2, 0.25) is 0 Å². The number of aliphatic hydroxyl groups excluding tert-OH is 4. The summed E-state index contributed by atoms with van der Waals surface area (Å²) in [4.78, 5) is 0. The third-order valence-electron chi connectivity index (χ3n) is 3.15. The number of benzene rings is 1. The van der Waals surface area contributed by atoms with E-state index < -0.39 is 12.2 Å². The molecule has 0 saturated heterocycles. The molecule has 126 valence electrons. The first kappa shape index (κ1) is 18.7. The Hall–Kier alpha value is -1.34. The predicted octanol–water partition coefficient (Wildman–Crippen LogP) is 0.711. The molecule has 0 unspecified atom stereocenters. The van der Waals surface area contributed by atoms with Crippen molar-refractivity contribution in [3.8, 4) is 11.5 Å². The van der Waals surface area contributed by atoms with E-state index >= 15 is 0 Å². The Labute approximate surface area is 130 Å². The molecule has 4 N–H and O–H groups in total. The smallest absolute Gasteiger partial charge is 0.119 e. The Morgan fingerprint density at radius 2 is 1.09 bits per heavy atom. The average molecular weight is 314 g/mol. The van der Waals surface area contributed by atoms with Crippen LogP contribution in [-0.2, 0) is 0 Å². The number of hydrogen-bond acceptors (Lipinski definition) is 6. The molecule has 0 amide bonds. The monoisotopic (exact) mass is 314 g/mol. The van der Waals surface area contributed by atoms with Gasteiger partial charge in [-0.15, -0.1) is 0 Å². The van der Waals surface area contributed by atoms with Crippen LogP contribution in [-0.4, -0.2) is 59.1 Å². The summed E-state index contributed by atoms with van der Waals surface area (Å²) >= 11 is 0. The molecule has 0 bridgehead atoms. The molecular weight excluding hydrogens is 288 g/mol. The molecule has 0 aromatic heterocycles. The van der Waals surface area contributed by atoms with Crippen LogP contribution < -0.4 is 9.47 Å². The summed E-state index contributed by atoms with van der Waals surface area (Å²) in [5.41, 5.74) is 0. The molecule has 6 heteroatoms. The van der Waals surface area contributed by atoms with Gasteiger partial charge in [-0.25, -0.2) is 0 Å². The van der Waals surface area contributed by atoms with Crippen LogP contribution in [0, 0.1) is 0 Å². The minimum atomic E-state index is -0.677. The van der Waals surface area contributed by atoms with Crippen LogP contribution in [0.15, 0.2) is 24.3 Å². The molecule has 1 aromatic carbocycles. The van der Waals surface area contributed by atoms with E-state index in [4.69, 9.17) is 19.7 Å². The molecule has 0 spiro atoms. The van der Waals surface area contributed by atoms with Crippen LogP contribution in [0.1, 0.15) is 25.7 Å². The van der Waals surface area contributed by atoms with Gasteiger partial charge in [0.05, 0.1) is 38.6 Å². The van der Waals surface area contributed by atoms with Crippen molar-refractivity contribution in [3.63, 3.8) is 0 Å². The van der Waals surface area contributed by atoms with Crippen LogP contribution in [0.5, 0.6) is 11.5 Å². The molecule has 1 rings (SSSR count). The van der Waals surface area contributed by atoms with Gasteiger partial charge in [-0.2, -0.15) is 0 Å². The maximum atomic E-state index is 9.19. The van der Waals surface area contributed by atoms with E-state index in [1.54, 1.807) is 24.3 Å². The molecule has 0 heterocycles. The van der Waals surface area contributed by atoms with E-state index in [0.717, 1.165) is 11.5 Å². The fraction of sp³-hybridized carbons (Fsp3) is 0.625. The van der Waals surface area contributed by atoms with Crippen LogP contribution in [0.25, 0.3) is 0 Å². The first-order valence-corrected chi connectivity index (χ1v) is 7.59. The van der Waals surface area contributed by atoms with Crippen molar-refractivity contribution in [2.45, 2.75) is 37.9 Å². The molecule has 0 saturated carbocycles. The Morgan fingerprint density at radius 1 is 0.727 bits per heavy atom. The lowest BCUT2D eigenvalue weighted by molar-refractivity contribution is 0.0826. The molecule has 0 aliphatic carbocycles. The largest absolute Gasteiger partial charge is 0.494 e. The maximum absolute atomic E-state index is 9.19. The highest BCUT2D eigenvalue weighted by Crippen LogP contribution is 2.18. The van der Waals surface area contributed by atoms with Crippen molar-refractivity contribution in [3.05, 3.63) is 24.3 Å². The van der Waals surface area contributed by atoms with Crippen LogP contribution >= 0.6 is 0 Å². The van der Waals surface area contributed by atoms with Crippen molar-refractivity contribution in [1.29, 1.82) is 0 Å². The molecule has 6 nitrogen and oxygen atoms in total. The second kappa shape index (κ2) is 11.3. The SMILES string of the molecule is OC[C@@H](O)CCCOc1ccc(OCCC[C@H](O)CO)cc1. The second-order valence-electron chi connectivity index (χ2n) is 5.13. The van der Waals surface area contributed by atoms with E-state index in [9.17, 15) is 10.2 Å². The third kappa shape index (κ3) is 8.19. The Morgan fingerprint density at radius 3 is 1.41 bits per heavy atom. The molecular formula is C16H26O6. The first-order valence-electron chi connectivity index (χ1n) is 7.59. The quantitative estimate of drug-likeness (QED) is 0.424. The van der Waals surface area contributed by atoms with Gasteiger partial charge in [0.25, 0.3) is 0 Å². The summed E-state index contributed by atoms with van der Waals surface area (Å²) in [5, 5.41) is 35.8. The van der Waals surface area contributed by atoms with Gasteiger partial charge in [-0.05, 0) is 49.9 Å². The summed E-state index contributed by atoms with van der Waals surface area (Å²) in [6.45, 7) is 0.523. The Balaban J connectivity index is 2.17. The van der Waals surface area contributed by atoms with Crippen molar-refractivity contribution >= 4 is 0 Å². The topological polar surface area (TPSA) is 99.4 Å². The van der Waals surface area contributed by atoms with Gasteiger partial charge in [-0.3, -0.25) is 0 Å². The minimum absolute atomic E-state index is 0.221. The number of ether oxygens (including phenoxy) is 2. The number of hydrogen-bond donors (Lipinski definition) is 4. The molecule has 1 aromatic rings. The van der Waals surface area contributed by atoms with Crippen molar-refractivity contribution in [2.24, 2.45) is 0 Å². The predicted molar refractivity (Wildman–Crippen MR) is 82.1 cm³/mol.